The molecule has 0 radical (unpaired) electrons. The molecule has 0 saturated carbocycles. The zero-order chi connectivity index (χ0) is 19.5. The molecule has 2 N–H and O–H groups in total. The lowest BCUT2D eigenvalue weighted by molar-refractivity contribution is 0.323. The molecule has 0 atom stereocenters. The topological polar surface area (TPSA) is 64.1 Å². The van der Waals surface area contributed by atoms with Crippen molar-refractivity contribution in [3.63, 3.8) is 0 Å². The summed E-state index contributed by atoms with van der Waals surface area (Å²) >= 11 is 1.81. The van der Waals surface area contributed by atoms with Crippen LogP contribution in [0.15, 0.2) is 52.4 Å². The van der Waals surface area contributed by atoms with Gasteiger partial charge in [-0.05, 0) is 29.8 Å². The summed E-state index contributed by atoms with van der Waals surface area (Å²) in [6.45, 7) is 1.40. The van der Waals surface area contributed by atoms with Crippen molar-refractivity contribution >= 4 is 41.7 Å². The van der Waals surface area contributed by atoms with E-state index >= 15 is 0 Å². The first-order chi connectivity index (χ1) is 13.2. The second kappa shape index (κ2) is 13.4. The van der Waals surface area contributed by atoms with Crippen LogP contribution in [0.1, 0.15) is 5.56 Å². The Hall–Kier alpha value is -1.81. The van der Waals surface area contributed by atoms with Gasteiger partial charge < -0.3 is 24.8 Å². The lowest BCUT2D eigenvalue weighted by Gasteiger charge is -2.16. The molecule has 0 amide bonds. The molecular weight excluding hydrogens is 489 g/mol. The predicted octanol–water partition coefficient (Wildman–Crippen LogP) is 3.79. The van der Waals surface area contributed by atoms with Crippen LogP contribution in [-0.4, -0.2) is 46.6 Å². The van der Waals surface area contributed by atoms with Crippen molar-refractivity contribution < 1.29 is 14.2 Å². The van der Waals surface area contributed by atoms with E-state index in [1.807, 2.05) is 42.1 Å². The minimum absolute atomic E-state index is 0. The molecule has 2 rings (SSSR count). The van der Waals surface area contributed by atoms with Gasteiger partial charge in [0.05, 0.1) is 21.3 Å². The highest BCUT2D eigenvalue weighted by molar-refractivity contribution is 14.0. The van der Waals surface area contributed by atoms with Gasteiger partial charge in [-0.1, -0.05) is 18.2 Å². The van der Waals surface area contributed by atoms with Crippen LogP contribution in [0.2, 0.25) is 0 Å². The molecular formula is C20H28IN3O3S. The van der Waals surface area contributed by atoms with E-state index in [0.717, 1.165) is 23.8 Å². The number of methoxy groups -OCH3 is 3. The molecule has 0 saturated heterocycles. The van der Waals surface area contributed by atoms with Crippen molar-refractivity contribution in [1.29, 1.82) is 0 Å². The standard InChI is InChI=1S/C20H27N3O3S.HI/c1-21-20(22-10-11-27-16-8-6-5-7-9-16)23-14-15-12-17(24-2)19(26-4)18(13-15)25-3;/h5-9,12-13H,10-11,14H2,1-4H3,(H2,21,22,23);1H. The Bertz CT molecular complexity index is 720. The lowest BCUT2D eigenvalue weighted by Crippen LogP contribution is -2.37. The number of guanidine groups is 1. The maximum Gasteiger partial charge on any atom is 0.203 e. The Morgan fingerprint density at radius 3 is 2.14 bits per heavy atom. The Morgan fingerprint density at radius 2 is 1.61 bits per heavy atom. The molecule has 0 heterocycles. The molecule has 0 aliphatic heterocycles. The first kappa shape index (κ1) is 24.2. The number of halogens is 1. The average Bonchev–Trinajstić information content (AvgIpc) is 2.73. The summed E-state index contributed by atoms with van der Waals surface area (Å²) < 4.78 is 16.1. The van der Waals surface area contributed by atoms with E-state index in [2.05, 4.69) is 27.8 Å². The molecule has 8 heteroatoms. The summed E-state index contributed by atoms with van der Waals surface area (Å²) in [5.41, 5.74) is 1.01. The van der Waals surface area contributed by atoms with Crippen molar-refractivity contribution in [1.82, 2.24) is 10.6 Å². The Balaban J connectivity index is 0.00000392. The molecule has 0 aliphatic carbocycles. The number of nitrogens with zero attached hydrogens (tertiary/aromatic N) is 1. The largest absolute Gasteiger partial charge is 0.493 e. The number of aliphatic imine (C=N–C) groups is 1. The van der Waals surface area contributed by atoms with Crippen molar-refractivity contribution in [2.24, 2.45) is 4.99 Å². The van der Waals surface area contributed by atoms with E-state index in [4.69, 9.17) is 14.2 Å². The molecule has 2 aromatic rings. The number of thioether (sulfide) groups is 1. The third-order valence-electron chi connectivity index (χ3n) is 3.81. The first-order valence-corrected chi connectivity index (χ1v) is 9.61. The van der Waals surface area contributed by atoms with E-state index in [0.29, 0.717) is 23.8 Å². The average molecular weight is 517 g/mol. The summed E-state index contributed by atoms with van der Waals surface area (Å²) in [7, 11) is 6.57. The Morgan fingerprint density at radius 1 is 0.964 bits per heavy atom. The molecule has 0 aromatic heterocycles. The van der Waals surface area contributed by atoms with Crippen molar-refractivity contribution in [2.75, 3.05) is 40.7 Å². The van der Waals surface area contributed by atoms with Crippen LogP contribution in [0.25, 0.3) is 0 Å². The summed E-state index contributed by atoms with van der Waals surface area (Å²) in [5.74, 6) is 3.56. The van der Waals surface area contributed by atoms with Crippen molar-refractivity contribution in [3.8, 4) is 17.2 Å². The number of nitrogens with one attached hydrogen (secondary N) is 2. The number of ether oxygens (including phenoxy) is 3. The fraction of sp³-hybridized carbons (Fsp3) is 0.350. The molecule has 0 aliphatic rings. The number of hydrogen-bond acceptors (Lipinski definition) is 5. The summed E-state index contributed by atoms with van der Waals surface area (Å²) in [5, 5.41) is 6.62. The van der Waals surface area contributed by atoms with Gasteiger partial charge >= 0.3 is 0 Å². The summed E-state index contributed by atoms with van der Waals surface area (Å²) in [6.07, 6.45) is 0. The number of hydrogen-bond donors (Lipinski definition) is 2. The van der Waals surface area contributed by atoms with Gasteiger partial charge in [0.2, 0.25) is 5.75 Å². The van der Waals surface area contributed by atoms with Gasteiger partial charge in [-0.3, -0.25) is 4.99 Å². The molecule has 0 bridgehead atoms. The number of rotatable bonds is 9. The van der Waals surface area contributed by atoms with Gasteiger partial charge in [0, 0.05) is 30.8 Å². The molecule has 2 aromatic carbocycles. The van der Waals surface area contributed by atoms with E-state index < -0.39 is 0 Å². The number of benzene rings is 2. The van der Waals surface area contributed by atoms with Crippen LogP contribution < -0.4 is 24.8 Å². The van der Waals surface area contributed by atoms with E-state index in [-0.39, 0.29) is 24.0 Å². The quantitative estimate of drug-likeness (QED) is 0.174. The van der Waals surface area contributed by atoms with E-state index in [1.54, 1.807) is 28.4 Å². The van der Waals surface area contributed by atoms with Gasteiger partial charge in [0.15, 0.2) is 17.5 Å². The second-order valence-electron chi connectivity index (χ2n) is 5.55. The van der Waals surface area contributed by atoms with Crippen LogP contribution in [-0.2, 0) is 6.54 Å². The van der Waals surface area contributed by atoms with E-state index in [1.165, 1.54) is 4.90 Å². The second-order valence-corrected chi connectivity index (χ2v) is 6.72. The van der Waals surface area contributed by atoms with Gasteiger partial charge in [-0.25, -0.2) is 0 Å². The summed E-state index contributed by atoms with van der Waals surface area (Å²) in [4.78, 5) is 5.53. The predicted molar refractivity (Wildman–Crippen MR) is 127 cm³/mol. The molecule has 28 heavy (non-hydrogen) atoms. The smallest absolute Gasteiger partial charge is 0.203 e. The first-order valence-electron chi connectivity index (χ1n) is 8.63. The molecule has 0 fully saturated rings. The third kappa shape index (κ3) is 7.31. The van der Waals surface area contributed by atoms with Crippen LogP contribution in [0.3, 0.4) is 0 Å². The molecule has 0 spiro atoms. The lowest BCUT2D eigenvalue weighted by atomic mass is 10.2. The minimum Gasteiger partial charge on any atom is -0.493 e. The van der Waals surface area contributed by atoms with Gasteiger partial charge in [0.25, 0.3) is 0 Å². The van der Waals surface area contributed by atoms with Crippen LogP contribution >= 0.6 is 35.7 Å². The van der Waals surface area contributed by atoms with Gasteiger partial charge in [-0.2, -0.15) is 0 Å². The zero-order valence-electron chi connectivity index (χ0n) is 16.7. The Labute approximate surface area is 188 Å². The fourth-order valence-electron chi connectivity index (χ4n) is 2.50. The normalized spacial score (nSPS) is 10.6. The maximum absolute atomic E-state index is 5.39. The molecule has 6 nitrogen and oxygen atoms in total. The van der Waals surface area contributed by atoms with Crippen LogP contribution in [0.5, 0.6) is 17.2 Å². The molecule has 154 valence electrons. The van der Waals surface area contributed by atoms with Gasteiger partial charge in [0.1, 0.15) is 0 Å². The highest BCUT2D eigenvalue weighted by Gasteiger charge is 2.13. The van der Waals surface area contributed by atoms with Crippen molar-refractivity contribution in [2.45, 2.75) is 11.4 Å². The minimum atomic E-state index is 0. The van der Waals surface area contributed by atoms with Crippen molar-refractivity contribution in [3.05, 3.63) is 48.0 Å². The Kier molecular flexibility index (Phi) is 11.6. The maximum atomic E-state index is 5.39. The zero-order valence-corrected chi connectivity index (χ0v) is 19.8. The van der Waals surface area contributed by atoms with Crippen LogP contribution in [0, 0.1) is 0 Å². The summed E-state index contributed by atoms with van der Waals surface area (Å²) in [6, 6.07) is 14.2. The highest BCUT2D eigenvalue weighted by Crippen LogP contribution is 2.38. The fourth-order valence-corrected chi connectivity index (χ4v) is 3.29. The SMILES string of the molecule is CN=C(NCCSc1ccccc1)NCc1cc(OC)c(OC)c(OC)c1.I. The van der Waals surface area contributed by atoms with Gasteiger partial charge in [-0.15, -0.1) is 35.7 Å². The highest BCUT2D eigenvalue weighted by atomic mass is 127. The third-order valence-corrected chi connectivity index (χ3v) is 4.83. The monoisotopic (exact) mass is 517 g/mol. The molecule has 0 unspecified atom stereocenters. The van der Waals surface area contributed by atoms with Crippen LogP contribution in [0.4, 0.5) is 0 Å². The van der Waals surface area contributed by atoms with E-state index in [9.17, 15) is 0 Å².